The lowest BCUT2D eigenvalue weighted by atomic mass is 10.1. The molecule has 3 aromatic rings. The van der Waals surface area contributed by atoms with Crippen LogP contribution in [0, 0.1) is 12.7 Å². The summed E-state index contributed by atoms with van der Waals surface area (Å²) in [5.74, 6) is 0.467. The van der Waals surface area contributed by atoms with E-state index in [1.54, 1.807) is 42.1 Å². The summed E-state index contributed by atoms with van der Waals surface area (Å²) >= 11 is 0. The molecule has 126 valence electrons. The number of allylic oxidation sites excluding steroid dienone is 1. The molecule has 2 heterocycles. The number of anilines is 1. The summed E-state index contributed by atoms with van der Waals surface area (Å²) < 4.78 is 14.9. The average molecular weight is 336 g/mol. The van der Waals surface area contributed by atoms with Crippen LogP contribution in [-0.2, 0) is 4.79 Å². The molecule has 1 aromatic carbocycles. The zero-order valence-corrected chi connectivity index (χ0v) is 13.9. The summed E-state index contributed by atoms with van der Waals surface area (Å²) in [6.07, 6.45) is 3.09. The van der Waals surface area contributed by atoms with Crippen molar-refractivity contribution in [2.75, 3.05) is 5.32 Å². The van der Waals surface area contributed by atoms with E-state index in [0.29, 0.717) is 22.8 Å². The summed E-state index contributed by atoms with van der Waals surface area (Å²) in [5.41, 5.74) is 2.08. The predicted molar refractivity (Wildman–Crippen MR) is 94.8 cm³/mol. The number of amides is 1. The fraction of sp³-hybridized carbons (Fsp3) is 0.105. The van der Waals surface area contributed by atoms with Gasteiger partial charge >= 0.3 is 0 Å². The van der Waals surface area contributed by atoms with Crippen LogP contribution in [0.25, 0.3) is 11.4 Å². The monoisotopic (exact) mass is 336 g/mol. The third-order valence-electron chi connectivity index (χ3n) is 3.58. The van der Waals surface area contributed by atoms with E-state index in [-0.39, 0.29) is 11.7 Å². The van der Waals surface area contributed by atoms with Crippen molar-refractivity contribution in [2.45, 2.75) is 13.8 Å². The predicted octanol–water partition coefficient (Wildman–Crippen LogP) is 3.76. The summed E-state index contributed by atoms with van der Waals surface area (Å²) in [5, 5.41) is 7.15. The second-order valence-electron chi connectivity index (χ2n) is 5.60. The molecule has 0 spiro atoms. The molecule has 0 radical (unpaired) electrons. The topological polar surface area (TPSA) is 59.8 Å². The molecule has 25 heavy (non-hydrogen) atoms. The molecule has 0 bridgehead atoms. The van der Waals surface area contributed by atoms with Crippen LogP contribution in [0.2, 0.25) is 0 Å². The second-order valence-corrected chi connectivity index (χ2v) is 5.60. The van der Waals surface area contributed by atoms with E-state index in [4.69, 9.17) is 0 Å². The Hall–Kier alpha value is -3.28. The second kappa shape index (κ2) is 7.09. The van der Waals surface area contributed by atoms with E-state index in [1.807, 2.05) is 19.1 Å². The maximum absolute atomic E-state index is 13.3. The van der Waals surface area contributed by atoms with Gasteiger partial charge in [-0.2, -0.15) is 9.78 Å². The summed E-state index contributed by atoms with van der Waals surface area (Å²) in [7, 11) is 0. The van der Waals surface area contributed by atoms with E-state index in [9.17, 15) is 9.18 Å². The third-order valence-corrected chi connectivity index (χ3v) is 3.58. The zero-order chi connectivity index (χ0) is 17.8. The average Bonchev–Trinajstić information content (AvgIpc) is 2.95. The first-order chi connectivity index (χ1) is 12.0. The highest BCUT2D eigenvalue weighted by atomic mass is 19.1. The highest BCUT2D eigenvalue weighted by Gasteiger charge is 2.11. The minimum absolute atomic E-state index is 0.321. The van der Waals surface area contributed by atoms with Crippen molar-refractivity contribution in [2.24, 2.45) is 0 Å². The standard InChI is InChI=1S/C19H17FN4O/c1-13(15-6-5-7-16(20)12-15)10-19(25)22-18-11-14(2)23-24(18)17-8-3-4-9-21-17/h3-12H,1-2H3,(H,22,25)/b13-10-. The third kappa shape index (κ3) is 3.98. The van der Waals surface area contributed by atoms with Gasteiger partial charge in [0, 0.05) is 18.3 Å². The lowest BCUT2D eigenvalue weighted by Crippen LogP contribution is -2.13. The van der Waals surface area contributed by atoms with Crippen LogP contribution < -0.4 is 5.32 Å². The number of halogens is 1. The van der Waals surface area contributed by atoms with Gasteiger partial charge in [0.2, 0.25) is 5.91 Å². The number of hydrogen-bond acceptors (Lipinski definition) is 3. The van der Waals surface area contributed by atoms with Gasteiger partial charge in [-0.25, -0.2) is 9.37 Å². The molecular formula is C19H17FN4O. The van der Waals surface area contributed by atoms with Gasteiger partial charge in [0.25, 0.3) is 0 Å². The van der Waals surface area contributed by atoms with Gasteiger partial charge < -0.3 is 5.32 Å². The lowest BCUT2D eigenvalue weighted by molar-refractivity contribution is -0.111. The van der Waals surface area contributed by atoms with Gasteiger partial charge in [0.15, 0.2) is 5.82 Å². The van der Waals surface area contributed by atoms with Crippen LogP contribution in [0.15, 0.2) is 60.8 Å². The maximum Gasteiger partial charge on any atom is 0.249 e. The molecule has 0 fully saturated rings. The van der Waals surface area contributed by atoms with Crippen molar-refractivity contribution < 1.29 is 9.18 Å². The number of nitrogens with one attached hydrogen (secondary N) is 1. The molecule has 0 aliphatic heterocycles. The number of aromatic nitrogens is 3. The van der Waals surface area contributed by atoms with E-state index in [0.717, 1.165) is 5.69 Å². The number of carbonyl (C=O) groups excluding carboxylic acids is 1. The van der Waals surface area contributed by atoms with E-state index >= 15 is 0 Å². The molecule has 0 saturated heterocycles. The summed E-state index contributed by atoms with van der Waals surface area (Å²) in [4.78, 5) is 16.6. The molecule has 3 rings (SSSR count). The minimum atomic E-state index is -0.338. The summed E-state index contributed by atoms with van der Waals surface area (Å²) in [6.45, 7) is 3.60. The van der Waals surface area contributed by atoms with Crippen molar-refractivity contribution >= 4 is 17.3 Å². The number of aryl methyl sites for hydroxylation is 1. The molecular weight excluding hydrogens is 319 g/mol. The SMILES string of the molecule is C/C(=C/C(=O)Nc1cc(C)nn1-c1ccccn1)c1cccc(F)c1. The fourth-order valence-corrected chi connectivity index (χ4v) is 2.42. The van der Waals surface area contributed by atoms with Gasteiger partial charge in [-0.15, -0.1) is 0 Å². The normalized spacial score (nSPS) is 11.4. The Bertz CT molecular complexity index is 932. The molecule has 5 nitrogen and oxygen atoms in total. The Labute approximate surface area is 144 Å². The van der Waals surface area contributed by atoms with Crippen molar-refractivity contribution in [1.82, 2.24) is 14.8 Å². The van der Waals surface area contributed by atoms with Crippen LogP contribution in [0.5, 0.6) is 0 Å². The molecule has 0 aliphatic carbocycles. The Kier molecular flexibility index (Phi) is 4.70. The molecule has 0 atom stereocenters. The number of hydrogen-bond donors (Lipinski definition) is 1. The largest absolute Gasteiger partial charge is 0.307 e. The van der Waals surface area contributed by atoms with Gasteiger partial charge in [-0.1, -0.05) is 18.2 Å². The van der Waals surface area contributed by atoms with Crippen LogP contribution >= 0.6 is 0 Å². The van der Waals surface area contributed by atoms with Crippen LogP contribution in [0.3, 0.4) is 0 Å². The Morgan fingerprint density at radius 3 is 2.76 bits per heavy atom. The highest BCUT2D eigenvalue weighted by molar-refractivity contribution is 6.03. The number of rotatable bonds is 4. The molecule has 2 aromatic heterocycles. The van der Waals surface area contributed by atoms with Crippen molar-refractivity contribution in [3.05, 3.63) is 77.9 Å². The number of benzene rings is 1. The van der Waals surface area contributed by atoms with Gasteiger partial charge in [-0.3, -0.25) is 4.79 Å². The zero-order valence-electron chi connectivity index (χ0n) is 13.9. The van der Waals surface area contributed by atoms with Crippen LogP contribution in [-0.4, -0.2) is 20.7 Å². The van der Waals surface area contributed by atoms with E-state index in [1.165, 1.54) is 18.2 Å². The first-order valence-corrected chi connectivity index (χ1v) is 7.76. The fourth-order valence-electron chi connectivity index (χ4n) is 2.42. The first-order valence-electron chi connectivity index (χ1n) is 7.76. The van der Waals surface area contributed by atoms with Crippen molar-refractivity contribution in [3.8, 4) is 5.82 Å². The molecule has 0 unspecified atom stereocenters. The van der Waals surface area contributed by atoms with Crippen LogP contribution in [0.1, 0.15) is 18.2 Å². The van der Waals surface area contributed by atoms with Crippen LogP contribution in [0.4, 0.5) is 10.2 Å². The lowest BCUT2D eigenvalue weighted by Gasteiger charge is -2.07. The molecule has 0 aliphatic rings. The number of nitrogens with zero attached hydrogens (tertiary/aromatic N) is 3. The quantitative estimate of drug-likeness (QED) is 0.738. The summed E-state index contributed by atoms with van der Waals surface area (Å²) in [6, 6.07) is 13.3. The molecule has 6 heteroatoms. The highest BCUT2D eigenvalue weighted by Crippen LogP contribution is 2.17. The van der Waals surface area contributed by atoms with Gasteiger partial charge in [0.1, 0.15) is 11.6 Å². The van der Waals surface area contributed by atoms with E-state index < -0.39 is 0 Å². The Morgan fingerprint density at radius 2 is 2.04 bits per heavy atom. The van der Waals surface area contributed by atoms with Crippen molar-refractivity contribution in [1.29, 1.82) is 0 Å². The molecule has 1 amide bonds. The van der Waals surface area contributed by atoms with Gasteiger partial charge in [-0.05, 0) is 49.2 Å². The maximum atomic E-state index is 13.3. The minimum Gasteiger partial charge on any atom is -0.307 e. The first kappa shape index (κ1) is 16.6. The number of carbonyl (C=O) groups is 1. The van der Waals surface area contributed by atoms with Crippen molar-refractivity contribution in [3.63, 3.8) is 0 Å². The smallest absolute Gasteiger partial charge is 0.249 e. The Morgan fingerprint density at radius 1 is 1.20 bits per heavy atom. The Balaban J connectivity index is 1.83. The molecule has 0 saturated carbocycles. The number of pyridine rings is 1. The molecule has 1 N–H and O–H groups in total. The van der Waals surface area contributed by atoms with E-state index in [2.05, 4.69) is 15.4 Å². The van der Waals surface area contributed by atoms with Gasteiger partial charge in [0.05, 0.1) is 5.69 Å².